The van der Waals surface area contributed by atoms with Crippen molar-refractivity contribution in [2.45, 2.75) is 12.5 Å². The van der Waals surface area contributed by atoms with Crippen LogP contribution < -0.4 is 21.1 Å². The first kappa shape index (κ1) is 26.2. The molecule has 1 heterocycles. The number of phenolic OH excluding ortho intramolecular Hbond substituents is 2. The van der Waals surface area contributed by atoms with E-state index in [2.05, 4.69) is 10.6 Å². The lowest BCUT2D eigenvalue weighted by Gasteiger charge is -2.10. The van der Waals surface area contributed by atoms with Gasteiger partial charge in [-0.1, -0.05) is 12.1 Å². The number of carbonyl (C=O) groups is 3. The van der Waals surface area contributed by atoms with Crippen LogP contribution >= 0.6 is 0 Å². The molecule has 6 N–H and O–H groups in total. The van der Waals surface area contributed by atoms with E-state index in [9.17, 15) is 23.9 Å². The lowest BCUT2D eigenvalue weighted by atomic mass is 10.00. The molecule has 0 spiro atoms. The van der Waals surface area contributed by atoms with Gasteiger partial charge >= 0.3 is 0 Å². The van der Waals surface area contributed by atoms with Crippen molar-refractivity contribution in [3.63, 3.8) is 0 Å². The number of primary amides is 1. The smallest absolute Gasteiger partial charge is 0.251 e. The first-order chi connectivity index (χ1) is 17.2. The van der Waals surface area contributed by atoms with Crippen LogP contribution in [0.5, 0.6) is 17.2 Å². The molecular formula is C26H26FN3O6. The first-order valence-electron chi connectivity index (χ1n) is 11.0. The van der Waals surface area contributed by atoms with Gasteiger partial charge < -0.3 is 31.3 Å². The van der Waals surface area contributed by atoms with Crippen molar-refractivity contribution in [2.24, 2.45) is 5.73 Å². The zero-order valence-electron chi connectivity index (χ0n) is 19.5. The summed E-state index contributed by atoms with van der Waals surface area (Å²) in [5.74, 6) is -2.84. The van der Waals surface area contributed by atoms with Crippen LogP contribution in [0.25, 0.3) is 0 Å². The van der Waals surface area contributed by atoms with E-state index < -0.39 is 28.8 Å². The number of aromatic hydroxyl groups is 2. The van der Waals surface area contributed by atoms with Crippen LogP contribution in [0.4, 0.5) is 4.39 Å². The number of phenols is 2. The number of rotatable bonds is 6. The Morgan fingerprint density at radius 1 is 0.972 bits per heavy atom. The van der Waals surface area contributed by atoms with Gasteiger partial charge in [0.2, 0.25) is 5.91 Å². The Morgan fingerprint density at radius 3 is 2.14 bits per heavy atom. The molecule has 1 aliphatic heterocycles. The lowest BCUT2D eigenvalue weighted by Crippen LogP contribution is -2.36. The summed E-state index contributed by atoms with van der Waals surface area (Å²) in [6.07, 6.45) is 0.976. The topological polar surface area (TPSA) is 151 Å². The molecule has 0 aliphatic carbocycles. The first-order valence-corrected chi connectivity index (χ1v) is 11.0. The number of amides is 2. The van der Waals surface area contributed by atoms with Crippen LogP contribution in [0, 0.1) is 5.82 Å². The van der Waals surface area contributed by atoms with E-state index in [1.807, 2.05) is 0 Å². The maximum atomic E-state index is 14.1. The summed E-state index contributed by atoms with van der Waals surface area (Å²) < 4.78 is 18.9. The van der Waals surface area contributed by atoms with Crippen molar-refractivity contribution in [3.05, 3.63) is 88.7 Å². The predicted octanol–water partition coefficient (Wildman–Crippen LogP) is 2.35. The van der Waals surface area contributed by atoms with Gasteiger partial charge in [-0.2, -0.15) is 0 Å². The number of ether oxygens (including phenoxy) is 1. The summed E-state index contributed by atoms with van der Waals surface area (Å²) in [5.41, 5.74) is 5.53. The summed E-state index contributed by atoms with van der Waals surface area (Å²) in [6.45, 7) is 1.80. The van der Waals surface area contributed by atoms with Crippen molar-refractivity contribution >= 4 is 17.6 Å². The van der Waals surface area contributed by atoms with Crippen LogP contribution in [-0.4, -0.2) is 54.1 Å². The Hall–Kier alpha value is -4.44. The maximum Gasteiger partial charge on any atom is 0.251 e. The number of methoxy groups -OCH3 is 1. The molecule has 2 amide bonds. The highest BCUT2D eigenvalue weighted by Gasteiger charge is 2.22. The Balaban J connectivity index is 0.000000212. The van der Waals surface area contributed by atoms with Crippen molar-refractivity contribution in [3.8, 4) is 17.2 Å². The Bertz CT molecular complexity index is 1240. The number of benzene rings is 3. The van der Waals surface area contributed by atoms with Crippen molar-refractivity contribution in [2.75, 3.05) is 20.2 Å². The molecule has 1 atom stereocenters. The fourth-order valence-corrected chi connectivity index (χ4v) is 3.51. The van der Waals surface area contributed by atoms with Gasteiger partial charge in [-0.15, -0.1) is 0 Å². The molecule has 0 unspecified atom stereocenters. The summed E-state index contributed by atoms with van der Waals surface area (Å²) in [6, 6.07) is 14.3. The van der Waals surface area contributed by atoms with Gasteiger partial charge in [0.05, 0.1) is 7.11 Å². The molecule has 0 radical (unpaired) electrons. The number of hydrogen-bond acceptors (Lipinski definition) is 7. The Labute approximate surface area is 206 Å². The second-order valence-electron chi connectivity index (χ2n) is 7.96. The number of carbonyl (C=O) groups excluding carboxylic acids is 3. The summed E-state index contributed by atoms with van der Waals surface area (Å²) in [7, 11) is 1.26. The molecule has 1 fully saturated rings. The SMILES string of the molecule is COc1ccc(O)c(C(=O)c2ccc(C(N)=O)cc2)c1F.O=C(N[C@H]1CCNC1)c1ccc(O)cc1. The third kappa shape index (κ3) is 6.36. The second kappa shape index (κ2) is 11.8. The highest BCUT2D eigenvalue weighted by Crippen LogP contribution is 2.30. The lowest BCUT2D eigenvalue weighted by molar-refractivity contribution is 0.0938. The van der Waals surface area contributed by atoms with Gasteiger partial charge in [-0.3, -0.25) is 14.4 Å². The van der Waals surface area contributed by atoms with E-state index in [1.165, 1.54) is 55.6 Å². The molecule has 10 heteroatoms. The molecule has 1 saturated heterocycles. The Morgan fingerprint density at radius 2 is 1.58 bits per heavy atom. The number of nitrogens with two attached hydrogens (primary N) is 1. The van der Waals surface area contributed by atoms with Gasteiger partial charge in [0, 0.05) is 29.3 Å². The molecule has 9 nitrogen and oxygen atoms in total. The highest BCUT2D eigenvalue weighted by molar-refractivity contribution is 6.11. The average Bonchev–Trinajstić information content (AvgIpc) is 3.38. The molecule has 36 heavy (non-hydrogen) atoms. The fraction of sp³-hybridized carbons (Fsp3) is 0.192. The zero-order chi connectivity index (χ0) is 26.2. The van der Waals surface area contributed by atoms with E-state index in [-0.39, 0.29) is 34.6 Å². The summed E-state index contributed by atoms with van der Waals surface area (Å²) in [4.78, 5) is 34.9. The van der Waals surface area contributed by atoms with Gasteiger partial charge in [-0.05, 0) is 61.5 Å². The molecule has 188 valence electrons. The van der Waals surface area contributed by atoms with Crippen LogP contribution in [0.3, 0.4) is 0 Å². The van der Waals surface area contributed by atoms with Gasteiger partial charge in [-0.25, -0.2) is 4.39 Å². The zero-order valence-corrected chi connectivity index (χ0v) is 19.5. The summed E-state index contributed by atoms with van der Waals surface area (Å²) >= 11 is 0. The number of nitrogens with one attached hydrogen (secondary N) is 2. The van der Waals surface area contributed by atoms with E-state index in [0.717, 1.165) is 19.5 Å². The van der Waals surface area contributed by atoms with Crippen LogP contribution in [-0.2, 0) is 0 Å². The molecule has 3 aromatic carbocycles. The minimum Gasteiger partial charge on any atom is -0.508 e. The minimum atomic E-state index is -0.943. The van der Waals surface area contributed by atoms with Gasteiger partial charge in [0.25, 0.3) is 5.91 Å². The van der Waals surface area contributed by atoms with Gasteiger partial charge in [0.1, 0.15) is 17.1 Å². The molecule has 3 aromatic rings. The number of ketones is 1. The molecule has 0 bridgehead atoms. The van der Waals surface area contributed by atoms with E-state index in [1.54, 1.807) is 12.1 Å². The molecular weight excluding hydrogens is 469 g/mol. The third-order valence-electron chi connectivity index (χ3n) is 5.49. The number of hydrogen-bond donors (Lipinski definition) is 5. The van der Waals surface area contributed by atoms with Crippen LogP contribution in [0.1, 0.15) is 43.1 Å². The number of halogens is 1. The largest absolute Gasteiger partial charge is 0.508 e. The van der Waals surface area contributed by atoms with Gasteiger partial charge in [0.15, 0.2) is 17.3 Å². The van der Waals surface area contributed by atoms with E-state index >= 15 is 0 Å². The second-order valence-corrected chi connectivity index (χ2v) is 7.96. The molecule has 0 aromatic heterocycles. The predicted molar refractivity (Wildman–Crippen MR) is 130 cm³/mol. The standard InChI is InChI=1S/C15H12FNO4.C11H14N2O2/c1-21-11-7-6-10(18)12(13(11)16)14(19)8-2-4-9(5-3-8)15(17)20;14-10-3-1-8(2-4-10)11(15)13-9-5-6-12-7-9/h2-7,18H,1H3,(H2,17,20);1-4,9,12,14H,5-7H2,(H,13,15)/t;9-/m.0/s1. The van der Waals surface area contributed by atoms with Crippen molar-refractivity contribution in [1.29, 1.82) is 0 Å². The minimum absolute atomic E-state index is 0.0799. The van der Waals surface area contributed by atoms with E-state index in [4.69, 9.17) is 15.6 Å². The van der Waals surface area contributed by atoms with Crippen molar-refractivity contribution in [1.82, 2.24) is 10.6 Å². The quantitative estimate of drug-likeness (QED) is 0.329. The normalized spacial score (nSPS) is 14.3. The molecule has 1 aliphatic rings. The fourth-order valence-electron chi connectivity index (χ4n) is 3.51. The third-order valence-corrected chi connectivity index (χ3v) is 5.49. The average molecular weight is 496 g/mol. The summed E-state index contributed by atoms with van der Waals surface area (Å²) in [5, 5.41) is 24.9. The van der Waals surface area contributed by atoms with Crippen molar-refractivity contribution < 1.29 is 33.7 Å². The van der Waals surface area contributed by atoms with Crippen LogP contribution in [0.2, 0.25) is 0 Å². The molecule has 0 saturated carbocycles. The Kier molecular flexibility index (Phi) is 8.58. The monoisotopic (exact) mass is 495 g/mol. The van der Waals surface area contributed by atoms with E-state index in [0.29, 0.717) is 5.56 Å². The van der Waals surface area contributed by atoms with Crippen LogP contribution in [0.15, 0.2) is 60.7 Å². The highest BCUT2D eigenvalue weighted by atomic mass is 19.1. The molecule has 4 rings (SSSR count). The maximum absolute atomic E-state index is 14.1.